The van der Waals surface area contributed by atoms with Crippen molar-refractivity contribution in [1.29, 1.82) is 0 Å². The minimum atomic E-state index is -4.33. The molecule has 2 aromatic rings. The van der Waals surface area contributed by atoms with E-state index in [1.807, 2.05) is 0 Å². The van der Waals surface area contributed by atoms with E-state index in [0.717, 1.165) is 5.56 Å². The van der Waals surface area contributed by atoms with Crippen molar-refractivity contribution in [3.05, 3.63) is 66.0 Å². The molecule has 2 nitrogen and oxygen atoms in total. The van der Waals surface area contributed by atoms with E-state index in [4.69, 9.17) is 0 Å². The fourth-order valence-electron chi connectivity index (χ4n) is 1.79. The van der Waals surface area contributed by atoms with Crippen molar-refractivity contribution in [2.75, 3.05) is 0 Å². The van der Waals surface area contributed by atoms with Crippen LogP contribution in [0.5, 0.6) is 0 Å². The fraction of sp³-hybridized carbons (Fsp3) is 0.214. The molecule has 1 unspecified atom stereocenters. The first-order valence-corrected chi connectivity index (χ1v) is 5.81. The lowest BCUT2D eigenvalue weighted by molar-refractivity contribution is -0.158. The maximum absolute atomic E-state index is 13.0. The van der Waals surface area contributed by atoms with Crippen molar-refractivity contribution in [2.24, 2.45) is 0 Å². The highest BCUT2D eigenvalue weighted by molar-refractivity contribution is 5.21. The van der Waals surface area contributed by atoms with Crippen LogP contribution in [0.2, 0.25) is 0 Å². The van der Waals surface area contributed by atoms with Crippen molar-refractivity contribution >= 4 is 0 Å². The molecule has 1 aromatic carbocycles. The molecule has 0 aliphatic carbocycles. The average molecular weight is 266 g/mol. The molecule has 0 radical (unpaired) electrons. The number of alkyl halides is 3. The first-order chi connectivity index (χ1) is 9.07. The summed E-state index contributed by atoms with van der Waals surface area (Å²) >= 11 is 0. The Bertz CT molecular complexity index is 497. The van der Waals surface area contributed by atoms with Gasteiger partial charge in [0, 0.05) is 18.9 Å². The summed E-state index contributed by atoms with van der Waals surface area (Å²) in [5, 5.41) is 2.54. The van der Waals surface area contributed by atoms with Gasteiger partial charge in [-0.05, 0) is 23.3 Å². The van der Waals surface area contributed by atoms with Gasteiger partial charge < -0.3 is 0 Å². The molecular formula is C14H13F3N2. The molecule has 5 heteroatoms. The van der Waals surface area contributed by atoms with Gasteiger partial charge >= 0.3 is 6.18 Å². The summed E-state index contributed by atoms with van der Waals surface area (Å²) in [7, 11) is 0. The Morgan fingerprint density at radius 2 is 1.63 bits per heavy atom. The molecule has 0 saturated carbocycles. The van der Waals surface area contributed by atoms with Crippen LogP contribution in [-0.2, 0) is 6.54 Å². The second kappa shape index (κ2) is 5.84. The lowest BCUT2D eigenvalue weighted by Gasteiger charge is -2.22. The molecule has 0 aliphatic heterocycles. The zero-order chi connectivity index (χ0) is 13.7. The highest BCUT2D eigenvalue weighted by atomic mass is 19.4. The third kappa shape index (κ3) is 3.79. The summed E-state index contributed by atoms with van der Waals surface area (Å²) in [6, 6.07) is 9.54. The minimum absolute atomic E-state index is 0.140. The fourth-order valence-corrected chi connectivity index (χ4v) is 1.79. The van der Waals surface area contributed by atoms with Crippen molar-refractivity contribution in [3.63, 3.8) is 0 Å². The maximum Gasteiger partial charge on any atom is 0.407 e. The van der Waals surface area contributed by atoms with E-state index in [-0.39, 0.29) is 12.1 Å². The Morgan fingerprint density at radius 3 is 2.21 bits per heavy atom. The van der Waals surface area contributed by atoms with E-state index in [1.54, 1.807) is 42.7 Å². The highest BCUT2D eigenvalue weighted by Gasteiger charge is 2.40. The van der Waals surface area contributed by atoms with Gasteiger partial charge in [0.15, 0.2) is 0 Å². The lowest BCUT2D eigenvalue weighted by Crippen LogP contribution is -2.33. The predicted molar refractivity (Wildman–Crippen MR) is 66.3 cm³/mol. The number of pyridine rings is 1. The summed E-state index contributed by atoms with van der Waals surface area (Å²) in [5.74, 6) is 0. The van der Waals surface area contributed by atoms with Crippen LogP contribution < -0.4 is 5.32 Å². The standard InChI is InChI=1S/C14H13F3N2/c15-14(16,17)13(12-4-2-1-3-5-12)19-10-11-6-8-18-9-7-11/h1-9,13,19H,10H2. The van der Waals surface area contributed by atoms with Crippen LogP contribution in [0, 0.1) is 0 Å². The Balaban J connectivity index is 2.12. The highest BCUT2D eigenvalue weighted by Crippen LogP contribution is 2.32. The number of nitrogens with zero attached hydrogens (tertiary/aromatic N) is 1. The number of halogens is 3. The first-order valence-electron chi connectivity index (χ1n) is 5.81. The number of hydrogen-bond acceptors (Lipinski definition) is 2. The second-order valence-corrected chi connectivity index (χ2v) is 4.12. The molecule has 100 valence electrons. The summed E-state index contributed by atoms with van der Waals surface area (Å²) in [5.41, 5.74) is 0.976. The number of aromatic nitrogens is 1. The van der Waals surface area contributed by atoms with E-state index in [0.29, 0.717) is 0 Å². The topological polar surface area (TPSA) is 24.9 Å². The van der Waals surface area contributed by atoms with Crippen LogP contribution in [0.3, 0.4) is 0 Å². The van der Waals surface area contributed by atoms with Crippen molar-refractivity contribution in [2.45, 2.75) is 18.8 Å². The Kier molecular flexibility index (Phi) is 4.16. The summed E-state index contributed by atoms with van der Waals surface area (Å²) < 4.78 is 39.1. The molecule has 1 aromatic heterocycles. The number of nitrogens with one attached hydrogen (secondary N) is 1. The molecule has 0 aliphatic rings. The van der Waals surface area contributed by atoms with Gasteiger partial charge in [-0.15, -0.1) is 0 Å². The van der Waals surface area contributed by atoms with E-state index < -0.39 is 12.2 Å². The van der Waals surface area contributed by atoms with Gasteiger partial charge in [0.1, 0.15) is 6.04 Å². The molecule has 0 bridgehead atoms. The molecule has 1 heterocycles. The molecule has 1 atom stereocenters. The van der Waals surface area contributed by atoms with Gasteiger partial charge in [0.25, 0.3) is 0 Å². The monoisotopic (exact) mass is 266 g/mol. The van der Waals surface area contributed by atoms with Crippen molar-refractivity contribution < 1.29 is 13.2 Å². The molecule has 0 fully saturated rings. The van der Waals surface area contributed by atoms with Crippen LogP contribution in [0.25, 0.3) is 0 Å². The van der Waals surface area contributed by atoms with Gasteiger partial charge in [0.2, 0.25) is 0 Å². The lowest BCUT2D eigenvalue weighted by atomic mass is 10.1. The Morgan fingerprint density at radius 1 is 1.00 bits per heavy atom. The third-order valence-corrected chi connectivity index (χ3v) is 2.72. The normalized spacial score (nSPS) is 13.2. The SMILES string of the molecule is FC(F)(F)C(NCc1ccncc1)c1ccccc1. The number of hydrogen-bond donors (Lipinski definition) is 1. The maximum atomic E-state index is 13.0. The second-order valence-electron chi connectivity index (χ2n) is 4.12. The molecule has 0 spiro atoms. The predicted octanol–water partition coefficient (Wildman–Crippen LogP) is 3.47. The number of rotatable bonds is 4. The Labute approximate surface area is 109 Å². The largest absolute Gasteiger partial charge is 0.407 e. The molecule has 0 saturated heterocycles. The molecular weight excluding hydrogens is 253 g/mol. The van der Waals surface area contributed by atoms with Crippen LogP contribution in [-0.4, -0.2) is 11.2 Å². The molecule has 19 heavy (non-hydrogen) atoms. The van der Waals surface area contributed by atoms with E-state index in [9.17, 15) is 13.2 Å². The summed E-state index contributed by atoms with van der Waals surface area (Å²) in [6.07, 6.45) is -1.21. The van der Waals surface area contributed by atoms with E-state index in [1.165, 1.54) is 12.1 Å². The average Bonchev–Trinajstić information content (AvgIpc) is 2.40. The van der Waals surface area contributed by atoms with Crippen molar-refractivity contribution in [3.8, 4) is 0 Å². The Hall–Kier alpha value is -1.88. The smallest absolute Gasteiger partial charge is 0.298 e. The van der Waals surface area contributed by atoms with Crippen LogP contribution in [0.15, 0.2) is 54.9 Å². The van der Waals surface area contributed by atoms with E-state index in [2.05, 4.69) is 10.3 Å². The zero-order valence-electron chi connectivity index (χ0n) is 10.1. The summed E-state index contributed by atoms with van der Waals surface area (Å²) in [4.78, 5) is 3.83. The zero-order valence-corrected chi connectivity index (χ0v) is 10.1. The van der Waals surface area contributed by atoms with Crippen LogP contribution >= 0.6 is 0 Å². The molecule has 1 N–H and O–H groups in total. The minimum Gasteiger partial charge on any atom is -0.298 e. The van der Waals surface area contributed by atoms with Gasteiger partial charge in [-0.3, -0.25) is 10.3 Å². The number of benzene rings is 1. The van der Waals surface area contributed by atoms with Gasteiger partial charge in [0.05, 0.1) is 0 Å². The van der Waals surface area contributed by atoms with Crippen LogP contribution in [0.1, 0.15) is 17.2 Å². The van der Waals surface area contributed by atoms with Gasteiger partial charge in [-0.2, -0.15) is 13.2 Å². The van der Waals surface area contributed by atoms with Crippen molar-refractivity contribution in [1.82, 2.24) is 10.3 Å². The van der Waals surface area contributed by atoms with Gasteiger partial charge in [-0.1, -0.05) is 30.3 Å². The van der Waals surface area contributed by atoms with E-state index >= 15 is 0 Å². The molecule has 0 amide bonds. The quantitative estimate of drug-likeness (QED) is 0.916. The first kappa shape index (κ1) is 13.5. The third-order valence-electron chi connectivity index (χ3n) is 2.72. The van der Waals surface area contributed by atoms with Crippen LogP contribution in [0.4, 0.5) is 13.2 Å². The summed E-state index contributed by atoms with van der Waals surface area (Å²) in [6.45, 7) is 0.140. The van der Waals surface area contributed by atoms with Gasteiger partial charge in [-0.25, -0.2) is 0 Å². The molecule has 2 rings (SSSR count).